The van der Waals surface area contributed by atoms with Crippen LogP contribution in [0.5, 0.6) is 0 Å². The van der Waals surface area contributed by atoms with Crippen LogP contribution in [-0.4, -0.2) is 29.9 Å². The highest BCUT2D eigenvalue weighted by Crippen LogP contribution is 1.91. The molecule has 0 heterocycles. The van der Waals surface area contributed by atoms with Crippen LogP contribution in [0.3, 0.4) is 0 Å². The number of hydrogen-bond acceptors (Lipinski definition) is 5. The maximum absolute atomic E-state index is 10.5. The molecule has 0 radical (unpaired) electrons. The summed E-state index contributed by atoms with van der Waals surface area (Å²) in [6.07, 6.45) is 0.343. The Balaban J connectivity index is 3.68. The Hall–Kier alpha value is -1.62. The van der Waals surface area contributed by atoms with Gasteiger partial charge in [-0.1, -0.05) is 13.2 Å². The van der Waals surface area contributed by atoms with Crippen LogP contribution >= 0.6 is 0 Å². The Labute approximate surface area is 75.3 Å². The van der Waals surface area contributed by atoms with Crippen LogP contribution < -0.4 is 0 Å². The molecule has 0 amide bonds. The van der Waals surface area contributed by atoms with E-state index in [0.29, 0.717) is 0 Å². The molecule has 0 aliphatic carbocycles. The third-order valence-corrected chi connectivity index (χ3v) is 0.954. The summed E-state index contributed by atoms with van der Waals surface area (Å²) in [5.41, 5.74) is 0. The molecule has 0 aromatic rings. The van der Waals surface area contributed by atoms with Gasteiger partial charge in [0.25, 0.3) is 0 Å². The fraction of sp³-hybridized carbons (Fsp3) is 0.250. The molecule has 0 bridgehead atoms. The van der Waals surface area contributed by atoms with Crippen molar-refractivity contribution in [3.63, 3.8) is 0 Å². The first-order valence-corrected chi connectivity index (χ1v) is 3.40. The van der Waals surface area contributed by atoms with Crippen molar-refractivity contribution >= 4 is 11.9 Å². The molecular formula is C8H10O5. The van der Waals surface area contributed by atoms with Crippen molar-refractivity contribution < 1.29 is 24.2 Å². The highest BCUT2D eigenvalue weighted by atomic mass is 16.7. The van der Waals surface area contributed by atoms with Crippen molar-refractivity contribution in [3.8, 4) is 0 Å². The Kier molecular flexibility index (Phi) is 5.22. The maximum atomic E-state index is 10.5. The van der Waals surface area contributed by atoms with Gasteiger partial charge in [-0.2, -0.15) is 0 Å². The first-order valence-electron chi connectivity index (χ1n) is 3.40. The summed E-state index contributed by atoms with van der Waals surface area (Å²) in [7, 11) is 0. The zero-order chi connectivity index (χ0) is 10.3. The van der Waals surface area contributed by atoms with Crippen LogP contribution in [0.4, 0.5) is 0 Å². The molecule has 0 spiro atoms. The number of aliphatic hydroxyl groups excluding tert-OH is 1. The van der Waals surface area contributed by atoms with Gasteiger partial charge >= 0.3 is 11.9 Å². The van der Waals surface area contributed by atoms with E-state index < -0.39 is 24.8 Å². The van der Waals surface area contributed by atoms with Gasteiger partial charge in [-0.3, -0.25) is 0 Å². The van der Waals surface area contributed by atoms with Crippen LogP contribution in [-0.2, 0) is 19.1 Å². The zero-order valence-corrected chi connectivity index (χ0v) is 6.93. The molecule has 0 aromatic carbocycles. The Morgan fingerprint density at radius 1 is 1.31 bits per heavy atom. The number of aliphatic hydroxyl groups is 1. The summed E-state index contributed by atoms with van der Waals surface area (Å²) >= 11 is 0. The number of esters is 2. The van der Waals surface area contributed by atoms with Crippen molar-refractivity contribution in [1.82, 2.24) is 0 Å². The van der Waals surface area contributed by atoms with E-state index in [2.05, 4.69) is 22.6 Å². The first kappa shape index (κ1) is 11.4. The van der Waals surface area contributed by atoms with Crippen LogP contribution in [0, 0.1) is 0 Å². The normalized spacial score (nSPS) is 11.2. The molecule has 0 rings (SSSR count). The second-order valence-corrected chi connectivity index (χ2v) is 1.93. The number of rotatable bonds is 5. The minimum atomic E-state index is -1.48. The van der Waals surface area contributed by atoms with Crippen LogP contribution in [0.25, 0.3) is 0 Å². The monoisotopic (exact) mass is 186 g/mol. The van der Waals surface area contributed by atoms with Crippen molar-refractivity contribution in [3.05, 3.63) is 25.3 Å². The third-order valence-electron chi connectivity index (χ3n) is 0.954. The quantitative estimate of drug-likeness (QED) is 0.364. The first-order chi connectivity index (χ1) is 6.10. The molecular weight excluding hydrogens is 176 g/mol. The lowest BCUT2D eigenvalue weighted by atomic mass is 10.6. The molecule has 1 N–H and O–H groups in total. The van der Waals surface area contributed by atoms with Crippen LogP contribution in [0.2, 0.25) is 0 Å². The number of carbonyl (C=O) groups excluding carboxylic acids is 2. The second kappa shape index (κ2) is 5.96. The van der Waals surface area contributed by atoms with Gasteiger partial charge in [-0.15, -0.1) is 0 Å². The summed E-state index contributed by atoms with van der Waals surface area (Å²) in [6, 6.07) is 0. The van der Waals surface area contributed by atoms with Crippen LogP contribution in [0.15, 0.2) is 25.3 Å². The van der Waals surface area contributed by atoms with Crippen molar-refractivity contribution in [1.29, 1.82) is 0 Å². The molecule has 0 aliphatic heterocycles. The van der Waals surface area contributed by atoms with E-state index in [1.165, 1.54) is 0 Å². The molecule has 0 saturated heterocycles. The minimum absolute atomic E-state index is 0.426. The average Bonchev–Trinajstić information content (AvgIpc) is 2.13. The van der Waals surface area contributed by atoms with E-state index in [-0.39, 0.29) is 0 Å². The molecule has 13 heavy (non-hydrogen) atoms. The van der Waals surface area contributed by atoms with Gasteiger partial charge in [-0.25, -0.2) is 9.59 Å². The molecule has 5 heteroatoms. The van der Waals surface area contributed by atoms with E-state index in [0.717, 1.165) is 12.2 Å². The summed E-state index contributed by atoms with van der Waals surface area (Å²) in [5, 5.41) is 8.89. The van der Waals surface area contributed by atoms with Gasteiger partial charge in [0.1, 0.15) is 0 Å². The number of carbonyl (C=O) groups is 2. The van der Waals surface area contributed by atoms with Crippen molar-refractivity contribution in [2.75, 3.05) is 6.61 Å². The fourth-order valence-corrected chi connectivity index (χ4v) is 0.429. The largest absolute Gasteiger partial charge is 0.456 e. The van der Waals surface area contributed by atoms with E-state index in [9.17, 15) is 9.59 Å². The summed E-state index contributed by atoms with van der Waals surface area (Å²) in [6.45, 7) is 5.82. The standard InChI is InChI=1S/C8H10O5/c1-3-6(9)12-5-8(11)13-7(10)4-2/h3-4,8,11H,1-2,5H2. The third kappa shape index (κ3) is 5.63. The van der Waals surface area contributed by atoms with E-state index in [4.69, 9.17) is 5.11 Å². The lowest BCUT2D eigenvalue weighted by Crippen LogP contribution is -2.23. The number of hydrogen-bond donors (Lipinski definition) is 1. The number of ether oxygens (including phenoxy) is 2. The Morgan fingerprint density at radius 3 is 2.31 bits per heavy atom. The predicted octanol–water partition coefficient (Wildman–Crippen LogP) is -0.237. The average molecular weight is 186 g/mol. The minimum Gasteiger partial charge on any atom is -0.456 e. The molecule has 0 saturated carbocycles. The van der Waals surface area contributed by atoms with Gasteiger partial charge in [0.15, 0.2) is 6.61 Å². The van der Waals surface area contributed by atoms with Crippen molar-refractivity contribution in [2.24, 2.45) is 0 Å². The van der Waals surface area contributed by atoms with Crippen molar-refractivity contribution in [2.45, 2.75) is 6.29 Å². The van der Waals surface area contributed by atoms with E-state index in [1.54, 1.807) is 0 Å². The maximum Gasteiger partial charge on any atom is 0.332 e. The summed E-state index contributed by atoms with van der Waals surface area (Å²) < 4.78 is 8.66. The lowest BCUT2D eigenvalue weighted by molar-refractivity contribution is -0.175. The summed E-state index contributed by atoms with van der Waals surface area (Å²) in [5.74, 6) is -1.49. The molecule has 1 atom stereocenters. The Morgan fingerprint density at radius 2 is 1.85 bits per heavy atom. The van der Waals surface area contributed by atoms with Gasteiger partial charge in [0.2, 0.25) is 6.29 Å². The topological polar surface area (TPSA) is 72.8 Å². The summed E-state index contributed by atoms with van der Waals surface area (Å²) in [4.78, 5) is 20.9. The molecule has 0 aromatic heterocycles. The second-order valence-electron chi connectivity index (χ2n) is 1.93. The van der Waals surface area contributed by atoms with Gasteiger partial charge in [-0.05, 0) is 0 Å². The van der Waals surface area contributed by atoms with Crippen LogP contribution in [0.1, 0.15) is 0 Å². The van der Waals surface area contributed by atoms with E-state index in [1.807, 2.05) is 0 Å². The smallest absolute Gasteiger partial charge is 0.332 e. The Bertz CT molecular complexity index is 221. The molecule has 1 unspecified atom stereocenters. The highest BCUT2D eigenvalue weighted by molar-refractivity contribution is 5.82. The zero-order valence-electron chi connectivity index (χ0n) is 6.93. The highest BCUT2D eigenvalue weighted by Gasteiger charge is 2.09. The predicted molar refractivity (Wildman–Crippen MR) is 43.5 cm³/mol. The van der Waals surface area contributed by atoms with Gasteiger partial charge < -0.3 is 14.6 Å². The molecule has 0 fully saturated rings. The molecule has 5 nitrogen and oxygen atoms in total. The SMILES string of the molecule is C=CC(=O)OCC(O)OC(=O)C=C. The van der Waals surface area contributed by atoms with E-state index >= 15 is 0 Å². The van der Waals surface area contributed by atoms with Gasteiger partial charge in [0.05, 0.1) is 0 Å². The van der Waals surface area contributed by atoms with Gasteiger partial charge in [0, 0.05) is 12.2 Å². The lowest BCUT2D eigenvalue weighted by Gasteiger charge is -2.09. The molecule has 72 valence electrons. The fourth-order valence-electron chi connectivity index (χ4n) is 0.429. The molecule has 0 aliphatic rings.